The van der Waals surface area contributed by atoms with Gasteiger partial charge in [0.05, 0.1) is 23.6 Å². The fourth-order valence-electron chi connectivity index (χ4n) is 5.28. The average molecular weight is 625 g/mol. The highest BCUT2D eigenvalue weighted by Gasteiger charge is 2.33. The van der Waals surface area contributed by atoms with Crippen molar-refractivity contribution in [3.8, 4) is 11.3 Å². The maximum absolute atomic E-state index is 14.9. The zero-order valence-corrected chi connectivity index (χ0v) is 26.3. The number of rotatable bonds is 10. The number of carbonyl (C=O) groups is 2. The second-order valence-electron chi connectivity index (χ2n) is 12.0. The molecule has 9 heteroatoms. The molecule has 3 aromatic rings. The van der Waals surface area contributed by atoms with Crippen LogP contribution in [0.5, 0.6) is 0 Å². The van der Waals surface area contributed by atoms with E-state index in [1.165, 1.54) is 4.90 Å². The largest absolute Gasteiger partial charge is 0.464 e. The molecule has 0 fully saturated rings. The molecule has 2 aliphatic rings. The molecule has 5 rings (SSSR count). The zero-order valence-electron chi connectivity index (χ0n) is 25.5. The summed E-state index contributed by atoms with van der Waals surface area (Å²) in [4.78, 5) is 31.6. The highest BCUT2D eigenvalue weighted by Crippen LogP contribution is 2.38. The minimum Gasteiger partial charge on any atom is -0.464 e. The lowest BCUT2D eigenvalue weighted by molar-refractivity contribution is -0.120. The number of hydrogen-bond donors (Lipinski definition) is 1. The third-order valence-electron chi connectivity index (χ3n) is 7.69. The summed E-state index contributed by atoms with van der Waals surface area (Å²) in [6, 6.07) is 33.3. The van der Waals surface area contributed by atoms with Crippen molar-refractivity contribution in [2.75, 3.05) is 22.1 Å². The Morgan fingerprint density at radius 3 is 2.00 bits per heavy atom. The van der Waals surface area contributed by atoms with E-state index in [1.54, 1.807) is 47.6 Å². The molecule has 1 unspecified atom stereocenters. The summed E-state index contributed by atoms with van der Waals surface area (Å²) in [5.41, 5.74) is 4.25. The quantitative estimate of drug-likeness (QED) is 0.162. The van der Waals surface area contributed by atoms with Crippen molar-refractivity contribution in [1.29, 1.82) is 0 Å². The summed E-state index contributed by atoms with van der Waals surface area (Å²) in [5, 5.41) is 0. The molecule has 45 heavy (non-hydrogen) atoms. The van der Waals surface area contributed by atoms with Crippen molar-refractivity contribution < 1.29 is 27.0 Å². The Morgan fingerprint density at radius 2 is 1.42 bits per heavy atom. The van der Waals surface area contributed by atoms with Crippen LogP contribution in [0.4, 0.5) is 17.1 Å². The third-order valence-corrected chi connectivity index (χ3v) is 8.41. The van der Waals surface area contributed by atoms with Gasteiger partial charge in [-0.2, -0.15) is 8.42 Å². The second kappa shape index (κ2) is 13.1. The summed E-state index contributed by atoms with van der Waals surface area (Å²) < 4.78 is 38.2. The lowest BCUT2D eigenvalue weighted by Gasteiger charge is -2.32. The molecule has 3 aromatic carbocycles. The molecule has 0 saturated carbocycles. The zero-order chi connectivity index (χ0) is 32.2. The monoisotopic (exact) mass is 624 g/mol. The molecular formula is C36H36N2O6S. The molecule has 1 aliphatic carbocycles. The molecular weight excluding hydrogens is 588 g/mol. The lowest BCUT2D eigenvalue weighted by Crippen LogP contribution is -2.41. The van der Waals surface area contributed by atoms with Gasteiger partial charge in [-0.05, 0) is 59.0 Å². The SMILES string of the molecule is CC(C)(C)c1ccc(C(CN(C(=O)CCS(=O)(=O)O)c2ccccc2)C(=O)N(c2ccccc2)c2cc3cccoc-3c2)cc1. The van der Waals surface area contributed by atoms with Crippen molar-refractivity contribution in [3.63, 3.8) is 0 Å². The van der Waals surface area contributed by atoms with Crippen LogP contribution in [0.15, 0.2) is 120 Å². The van der Waals surface area contributed by atoms with E-state index < -0.39 is 34.1 Å². The smallest absolute Gasteiger partial charge is 0.265 e. The topological polar surface area (TPSA) is 108 Å². The number of hydrogen-bond acceptors (Lipinski definition) is 5. The predicted molar refractivity (Wildman–Crippen MR) is 177 cm³/mol. The van der Waals surface area contributed by atoms with E-state index in [0.29, 0.717) is 28.4 Å². The van der Waals surface area contributed by atoms with Gasteiger partial charge in [-0.15, -0.1) is 0 Å². The van der Waals surface area contributed by atoms with Crippen LogP contribution in [0, 0.1) is 0 Å². The van der Waals surface area contributed by atoms with Gasteiger partial charge in [-0.25, -0.2) is 0 Å². The highest BCUT2D eigenvalue weighted by molar-refractivity contribution is 7.85. The minimum atomic E-state index is -4.38. The first kappa shape index (κ1) is 31.7. The van der Waals surface area contributed by atoms with Gasteiger partial charge >= 0.3 is 0 Å². The van der Waals surface area contributed by atoms with Gasteiger partial charge in [0.15, 0.2) is 0 Å². The molecule has 232 valence electrons. The molecule has 1 atom stereocenters. The maximum atomic E-state index is 14.9. The van der Waals surface area contributed by atoms with Gasteiger partial charge in [0.25, 0.3) is 10.1 Å². The normalized spacial score (nSPS) is 12.5. The molecule has 8 nitrogen and oxygen atoms in total. The number of benzene rings is 3. The van der Waals surface area contributed by atoms with Gasteiger partial charge in [0, 0.05) is 36.0 Å². The molecule has 1 aliphatic heterocycles. The van der Waals surface area contributed by atoms with Crippen LogP contribution >= 0.6 is 0 Å². The van der Waals surface area contributed by atoms with Gasteiger partial charge in [0.1, 0.15) is 5.76 Å². The van der Waals surface area contributed by atoms with E-state index >= 15 is 0 Å². The van der Waals surface area contributed by atoms with Gasteiger partial charge in [-0.1, -0.05) is 81.4 Å². The van der Waals surface area contributed by atoms with E-state index in [0.717, 1.165) is 11.1 Å². The summed E-state index contributed by atoms with van der Waals surface area (Å²) in [6.07, 6.45) is 1.13. The van der Waals surface area contributed by atoms with Crippen molar-refractivity contribution >= 4 is 39.0 Å². The summed E-state index contributed by atoms with van der Waals surface area (Å²) in [5.74, 6) is -1.79. The third kappa shape index (κ3) is 7.68. The molecule has 0 aromatic heterocycles. The van der Waals surface area contributed by atoms with E-state index in [1.807, 2.05) is 72.8 Å². The molecule has 0 radical (unpaired) electrons. The fourth-order valence-corrected chi connectivity index (χ4v) is 5.71. The Hall–Kier alpha value is -4.73. The minimum absolute atomic E-state index is 0.0735. The molecule has 1 heterocycles. The van der Waals surface area contributed by atoms with Gasteiger partial charge in [-0.3, -0.25) is 19.0 Å². The standard InChI is InChI=1S/C36H36N2O6S/c1-36(2,3)28-18-16-26(17-19-28)32(25-37(29-12-6-4-7-13-29)34(39)20-22-45(41,42)43)35(40)38(30-14-8-5-9-15-30)31-23-27-11-10-21-44-33(27)24-31/h4-19,21,23-24,32H,20,22,25H2,1-3H3,(H,41,42,43). The Balaban J connectivity index is 1.63. The molecule has 0 saturated heterocycles. The first-order valence-electron chi connectivity index (χ1n) is 14.7. The predicted octanol–water partition coefficient (Wildman–Crippen LogP) is 7.44. The Bertz CT molecular complexity index is 1800. The van der Waals surface area contributed by atoms with E-state index in [2.05, 4.69) is 20.8 Å². The highest BCUT2D eigenvalue weighted by atomic mass is 32.2. The summed E-state index contributed by atoms with van der Waals surface area (Å²) in [7, 11) is -4.38. The average Bonchev–Trinajstić information content (AvgIpc) is 3.44. The molecule has 0 bridgehead atoms. The number of anilines is 3. The Labute approximate surface area is 264 Å². The van der Waals surface area contributed by atoms with Crippen LogP contribution in [0.3, 0.4) is 0 Å². The maximum Gasteiger partial charge on any atom is 0.265 e. The van der Waals surface area contributed by atoms with E-state index in [-0.39, 0.29) is 17.9 Å². The van der Waals surface area contributed by atoms with E-state index in [4.69, 9.17) is 4.42 Å². The number of fused-ring (bicyclic) bond motifs is 1. The van der Waals surface area contributed by atoms with Crippen molar-refractivity contribution in [3.05, 3.63) is 127 Å². The number of amides is 2. The first-order valence-corrected chi connectivity index (χ1v) is 16.3. The van der Waals surface area contributed by atoms with Crippen molar-refractivity contribution in [1.82, 2.24) is 0 Å². The Kier molecular flexibility index (Phi) is 9.22. The summed E-state index contributed by atoms with van der Waals surface area (Å²) >= 11 is 0. The number of carbonyl (C=O) groups excluding carboxylic acids is 2. The first-order chi connectivity index (χ1) is 21.4. The van der Waals surface area contributed by atoms with Crippen LogP contribution in [0.2, 0.25) is 0 Å². The van der Waals surface area contributed by atoms with Gasteiger partial charge < -0.3 is 9.32 Å². The molecule has 1 N–H and O–H groups in total. The van der Waals surface area contributed by atoms with Crippen LogP contribution in [0.25, 0.3) is 11.3 Å². The van der Waals surface area contributed by atoms with Crippen molar-refractivity contribution in [2.45, 2.75) is 38.5 Å². The lowest BCUT2D eigenvalue weighted by atomic mass is 9.85. The number of nitrogens with zero attached hydrogens (tertiary/aromatic N) is 2. The van der Waals surface area contributed by atoms with Crippen LogP contribution < -0.4 is 9.80 Å². The second-order valence-corrected chi connectivity index (χ2v) is 13.5. The van der Waals surface area contributed by atoms with Crippen molar-refractivity contribution in [2.24, 2.45) is 0 Å². The van der Waals surface area contributed by atoms with Gasteiger partial charge in [0.2, 0.25) is 11.8 Å². The fraction of sp³-hybridized carbons (Fsp3) is 0.222. The van der Waals surface area contributed by atoms with Crippen LogP contribution in [-0.2, 0) is 25.1 Å². The summed E-state index contributed by atoms with van der Waals surface area (Å²) in [6.45, 7) is 6.25. The van der Waals surface area contributed by atoms with Crippen LogP contribution in [-0.4, -0.2) is 37.1 Å². The molecule has 0 spiro atoms. The van der Waals surface area contributed by atoms with E-state index in [9.17, 15) is 22.6 Å². The number of para-hydroxylation sites is 2. The van der Waals surface area contributed by atoms with Crippen LogP contribution in [0.1, 0.15) is 44.2 Å². The molecule has 2 amide bonds. The Morgan fingerprint density at radius 1 is 0.800 bits per heavy atom.